The van der Waals surface area contributed by atoms with Crippen molar-refractivity contribution in [3.63, 3.8) is 0 Å². The minimum atomic E-state index is -0.536. The van der Waals surface area contributed by atoms with E-state index in [1.807, 2.05) is 48.7 Å². The zero-order valence-corrected chi connectivity index (χ0v) is 11.6. The third-order valence-corrected chi connectivity index (χ3v) is 3.97. The molecule has 19 heavy (non-hydrogen) atoms. The van der Waals surface area contributed by atoms with E-state index >= 15 is 0 Å². The van der Waals surface area contributed by atoms with Crippen LogP contribution in [0.4, 0.5) is 0 Å². The highest BCUT2D eigenvalue weighted by molar-refractivity contribution is 7.12. The van der Waals surface area contributed by atoms with Gasteiger partial charge in [-0.3, -0.25) is 4.79 Å². The van der Waals surface area contributed by atoms with Crippen LogP contribution in [0.15, 0.2) is 41.8 Å². The molecular formula is C15H17NO2S. The van der Waals surface area contributed by atoms with Crippen LogP contribution in [0.25, 0.3) is 0 Å². The van der Waals surface area contributed by atoms with E-state index in [-0.39, 0.29) is 5.91 Å². The Morgan fingerprint density at radius 1 is 1.32 bits per heavy atom. The van der Waals surface area contributed by atoms with E-state index < -0.39 is 6.10 Å². The Balaban J connectivity index is 1.81. The van der Waals surface area contributed by atoms with Crippen LogP contribution in [0.1, 0.15) is 33.3 Å². The predicted molar refractivity (Wildman–Crippen MR) is 77.4 cm³/mol. The number of aryl methyl sites for hydroxylation is 1. The molecule has 2 N–H and O–H groups in total. The van der Waals surface area contributed by atoms with Gasteiger partial charge in [0.1, 0.15) is 0 Å². The fraction of sp³-hybridized carbons (Fsp3) is 0.267. The zero-order valence-electron chi connectivity index (χ0n) is 10.8. The molecule has 1 aromatic heterocycles. The van der Waals surface area contributed by atoms with Crippen molar-refractivity contribution in [3.8, 4) is 0 Å². The molecule has 0 spiro atoms. The molecule has 2 rings (SSSR count). The van der Waals surface area contributed by atoms with Crippen molar-refractivity contribution in [2.45, 2.75) is 19.4 Å². The molecule has 1 amide bonds. The summed E-state index contributed by atoms with van der Waals surface area (Å²) in [6.45, 7) is 2.39. The first-order valence-electron chi connectivity index (χ1n) is 6.24. The summed E-state index contributed by atoms with van der Waals surface area (Å²) in [5.41, 5.74) is 1.87. The molecule has 1 heterocycles. The van der Waals surface area contributed by atoms with Gasteiger partial charge in [0.2, 0.25) is 0 Å². The molecule has 4 heteroatoms. The van der Waals surface area contributed by atoms with E-state index in [4.69, 9.17) is 0 Å². The first-order chi connectivity index (χ1) is 9.18. The first-order valence-corrected chi connectivity index (χ1v) is 7.11. The molecule has 1 atom stereocenters. The topological polar surface area (TPSA) is 49.3 Å². The summed E-state index contributed by atoms with van der Waals surface area (Å²) in [7, 11) is 0. The van der Waals surface area contributed by atoms with Gasteiger partial charge in [-0.1, -0.05) is 30.3 Å². The molecule has 0 saturated carbocycles. The summed E-state index contributed by atoms with van der Waals surface area (Å²) in [4.78, 5) is 12.6. The highest BCUT2D eigenvalue weighted by Gasteiger charge is 2.11. The second-order valence-electron chi connectivity index (χ2n) is 4.40. The van der Waals surface area contributed by atoms with Crippen molar-refractivity contribution in [2.75, 3.05) is 6.54 Å². The maximum absolute atomic E-state index is 11.9. The number of benzene rings is 1. The number of hydrogen-bond donors (Lipinski definition) is 2. The molecule has 0 saturated heterocycles. The van der Waals surface area contributed by atoms with Crippen molar-refractivity contribution in [1.82, 2.24) is 5.32 Å². The summed E-state index contributed by atoms with van der Waals surface area (Å²) in [6, 6.07) is 11.4. The van der Waals surface area contributed by atoms with E-state index in [0.717, 1.165) is 16.0 Å². The molecule has 2 aromatic rings. The summed E-state index contributed by atoms with van der Waals surface area (Å²) < 4.78 is 0. The fourth-order valence-corrected chi connectivity index (χ4v) is 2.69. The van der Waals surface area contributed by atoms with E-state index in [2.05, 4.69) is 5.32 Å². The average Bonchev–Trinajstić information content (AvgIpc) is 2.86. The second kappa shape index (κ2) is 6.50. The predicted octanol–water partition coefficient (Wildman–Crippen LogP) is 2.91. The van der Waals surface area contributed by atoms with Crippen LogP contribution in [-0.2, 0) is 0 Å². The van der Waals surface area contributed by atoms with Crippen LogP contribution >= 0.6 is 11.3 Å². The van der Waals surface area contributed by atoms with E-state index in [9.17, 15) is 9.90 Å². The fourth-order valence-electron chi connectivity index (χ4n) is 1.85. The largest absolute Gasteiger partial charge is 0.388 e. The number of aliphatic hydroxyl groups is 1. The lowest BCUT2D eigenvalue weighted by Gasteiger charge is -2.11. The Bertz CT molecular complexity index is 536. The number of thiophene rings is 1. The molecule has 1 aromatic carbocycles. The van der Waals surface area contributed by atoms with E-state index in [1.54, 1.807) is 0 Å². The molecule has 0 aliphatic rings. The molecule has 1 unspecified atom stereocenters. The standard InChI is InChI=1S/C15H17NO2S/c1-11-8-10-19-14(11)15(18)16-9-7-13(17)12-5-3-2-4-6-12/h2-6,8,10,13,17H,7,9H2,1H3,(H,16,18). The van der Waals surface area contributed by atoms with Gasteiger partial charge in [-0.2, -0.15) is 0 Å². The molecular weight excluding hydrogens is 258 g/mol. The normalized spacial score (nSPS) is 12.1. The van der Waals surface area contributed by atoms with E-state index in [0.29, 0.717) is 13.0 Å². The smallest absolute Gasteiger partial charge is 0.261 e. The summed E-state index contributed by atoms with van der Waals surface area (Å²) in [5.74, 6) is -0.0623. The Labute approximate surface area is 116 Å². The lowest BCUT2D eigenvalue weighted by Crippen LogP contribution is -2.25. The molecule has 0 radical (unpaired) electrons. The molecule has 0 aliphatic carbocycles. The van der Waals surface area contributed by atoms with Crippen LogP contribution in [-0.4, -0.2) is 17.6 Å². The van der Waals surface area contributed by atoms with E-state index in [1.165, 1.54) is 11.3 Å². The Morgan fingerprint density at radius 2 is 2.05 bits per heavy atom. The van der Waals surface area contributed by atoms with Gasteiger partial charge in [-0.05, 0) is 35.9 Å². The Kier molecular flexibility index (Phi) is 4.71. The minimum absolute atomic E-state index is 0.0623. The van der Waals surface area contributed by atoms with Gasteiger partial charge < -0.3 is 10.4 Å². The Hall–Kier alpha value is -1.65. The number of rotatable bonds is 5. The van der Waals surface area contributed by atoms with Crippen molar-refractivity contribution in [3.05, 3.63) is 57.8 Å². The first kappa shape index (κ1) is 13.8. The summed E-state index contributed by atoms with van der Waals surface area (Å²) >= 11 is 1.44. The maximum Gasteiger partial charge on any atom is 0.261 e. The number of carbonyl (C=O) groups is 1. The van der Waals surface area contributed by atoms with Crippen molar-refractivity contribution >= 4 is 17.2 Å². The molecule has 0 aliphatic heterocycles. The number of amides is 1. The summed E-state index contributed by atoms with van der Waals surface area (Å²) in [5, 5.41) is 14.7. The number of nitrogens with one attached hydrogen (secondary N) is 1. The zero-order chi connectivity index (χ0) is 13.7. The van der Waals surface area contributed by atoms with Crippen LogP contribution in [0, 0.1) is 6.92 Å². The summed E-state index contributed by atoms with van der Waals surface area (Å²) in [6.07, 6.45) is -0.0221. The molecule has 0 fully saturated rings. The molecule has 0 bridgehead atoms. The van der Waals surface area contributed by atoms with Crippen molar-refractivity contribution in [2.24, 2.45) is 0 Å². The minimum Gasteiger partial charge on any atom is -0.388 e. The van der Waals surface area contributed by atoms with Crippen molar-refractivity contribution in [1.29, 1.82) is 0 Å². The van der Waals surface area contributed by atoms with Crippen LogP contribution < -0.4 is 5.32 Å². The van der Waals surface area contributed by atoms with Gasteiger partial charge >= 0.3 is 0 Å². The number of carbonyl (C=O) groups excluding carboxylic acids is 1. The highest BCUT2D eigenvalue weighted by Crippen LogP contribution is 2.17. The third-order valence-electron chi connectivity index (χ3n) is 2.96. The van der Waals surface area contributed by atoms with Crippen LogP contribution in [0.2, 0.25) is 0 Å². The SMILES string of the molecule is Cc1ccsc1C(=O)NCCC(O)c1ccccc1. The lowest BCUT2D eigenvalue weighted by molar-refractivity contribution is 0.0946. The number of aliphatic hydroxyl groups excluding tert-OH is 1. The van der Waals surface area contributed by atoms with Crippen molar-refractivity contribution < 1.29 is 9.90 Å². The van der Waals surface area contributed by atoms with Gasteiger partial charge in [0.15, 0.2) is 0 Å². The molecule has 3 nitrogen and oxygen atoms in total. The van der Waals surface area contributed by atoms with Gasteiger partial charge in [0.25, 0.3) is 5.91 Å². The lowest BCUT2D eigenvalue weighted by atomic mass is 10.1. The monoisotopic (exact) mass is 275 g/mol. The van der Waals surface area contributed by atoms with Crippen LogP contribution in [0.5, 0.6) is 0 Å². The number of hydrogen-bond acceptors (Lipinski definition) is 3. The van der Waals surface area contributed by atoms with Gasteiger partial charge in [-0.25, -0.2) is 0 Å². The quantitative estimate of drug-likeness (QED) is 0.881. The third kappa shape index (κ3) is 3.66. The maximum atomic E-state index is 11.9. The average molecular weight is 275 g/mol. The molecule has 100 valence electrons. The van der Waals surface area contributed by atoms with Gasteiger partial charge in [-0.15, -0.1) is 11.3 Å². The Morgan fingerprint density at radius 3 is 2.68 bits per heavy atom. The second-order valence-corrected chi connectivity index (χ2v) is 5.32. The van der Waals surface area contributed by atoms with Gasteiger partial charge in [0.05, 0.1) is 11.0 Å². The van der Waals surface area contributed by atoms with Crippen LogP contribution in [0.3, 0.4) is 0 Å². The van der Waals surface area contributed by atoms with Gasteiger partial charge in [0, 0.05) is 6.54 Å². The highest BCUT2D eigenvalue weighted by atomic mass is 32.1.